The van der Waals surface area contributed by atoms with E-state index in [-0.39, 0.29) is 24.5 Å². The summed E-state index contributed by atoms with van der Waals surface area (Å²) >= 11 is 0. The van der Waals surface area contributed by atoms with Gasteiger partial charge in [0.05, 0.1) is 20.3 Å². The van der Waals surface area contributed by atoms with Crippen molar-refractivity contribution in [2.24, 2.45) is 0 Å². The zero-order valence-corrected chi connectivity index (χ0v) is 12.6. The Morgan fingerprint density at radius 2 is 1.85 bits per heavy atom. The number of methoxy groups -OCH3 is 2. The third-order valence-corrected chi connectivity index (χ3v) is 3.01. The van der Waals surface area contributed by atoms with E-state index in [1.165, 1.54) is 0 Å². The van der Waals surface area contributed by atoms with Crippen molar-refractivity contribution in [3.63, 3.8) is 0 Å². The quantitative estimate of drug-likeness (QED) is 0.757. The molecule has 1 unspecified atom stereocenters. The van der Waals surface area contributed by atoms with Crippen LogP contribution in [0.1, 0.15) is 25.5 Å². The highest BCUT2D eigenvalue weighted by Gasteiger charge is 2.10. The molecule has 112 valence electrons. The van der Waals surface area contributed by atoms with Crippen LogP contribution in [-0.4, -0.2) is 39.3 Å². The molecule has 0 heterocycles. The van der Waals surface area contributed by atoms with Crippen LogP contribution in [-0.2, 0) is 9.53 Å². The topological polar surface area (TPSA) is 59.6 Å². The van der Waals surface area contributed by atoms with E-state index in [4.69, 9.17) is 9.47 Å². The lowest BCUT2D eigenvalue weighted by molar-refractivity contribution is -0.121. The smallest absolute Gasteiger partial charge is 0.234 e. The summed E-state index contributed by atoms with van der Waals surface area (Å²) in [4.78, 5) is 11.7. The molecule has 1 rings (SSSR count). The molecule has 2 N–H and O–H groups in total. The Morgan fingerprint density at radius 3 is 2.40 bits per heavy atom. The molecule has 0 aromatic heterocycles. The molecule has 1 aromatic rings. The fourth-order valence-corrected chi connectivity index (χ4v) is 1.87. The first kappa shape index (κ1) is 16.5. The lowest BCUT2D eigenvalue weighted by Gasteiger charge is -2.16. The molecule has 5 heteroatoms. The molecule has 0 spiro atoms. The third-order valence-electron chi connectivity index (χ3n) is 3.01. The number of rotatable bonds is 8. The number of carbonyl (C=O) groups is 1. The summed E-state index contributed by atoms with van der Waals surface area (Å²) < 4.78 is 10.1. The Balaban J connectivity index is 2.38. The molecular weight excluding hydrogens is 256 g/mol. The van der Waals surface area contributed by atoms with Crippen LogP contribution in [0.2, 0.25) is 0 Å². The van der Waals surface area contributed by atoms with Crippen molar-refractivity contribution in [2.45, 2.75) is 25.9 Å². The highest BCUT2D eigenvalue weighted by Crippen LogP contribution is 2.16. The maximum Gasteiger partial charge on any atom is 0.234 e. The maximum atomic E-state index is 11.7. The van der Waals surface area contributed by atoms with E-state index in [1.54, 1.807) is 14.2 Å². The van der Waals surface area contributed by atoms with Gasteiger partial charge in [0.1, 0.15) is 5.75 Å². The molecule has 0 aliphatic heterocycles. The molecule has 1 amide bonds. The van der Waals surface area contributed by atoms with Gasteiger partial charge in [0.25, 0.3) is 0 Å². The summed E-state index contributed by atoms with van der Waals surface area (Å²) in [6, 6.07) is 7.92. The second kappa shape index (κ2) is 8.55. The standard InChI is InChI=1S/C15H24N2O3/c1-11(10-19-3)17-15(18)9-16-12(2)13-5-7-14(20-4)8-6-13/h5-8,11-12,16H,9-10H2,1-4H3,(H,17,18)/t11?,12-/m0/s1. The summed E-state index contributed by atoms with van der Waals surface area (Å²) in [5.74, 6) is 0.794. The predicted molar refractivity (Wildman–Crippen MR) is 78.9 cm³/mol. The Morgan fingerprint density at radius 1 is 1.20 bits per heavy atom. The fourth-order valence-electron chi connectivity index (χ4n) is 1.87. The van der Waals surface area contributed by atoms with Gasteiger partial charge in [-0.1, -0.05) is 12.1 Å². The molecule has 0 bridgehead atoms. The van der Waals surface area contributed by atoms with Gasteiger partial charge in [-0.05, 0) is 31.5 Å². The number of carbonyl (C=O) groups excluding carboxylic acids is 1. The monoisotopic (exact) mass is 280 g/mol. The zero-order chi connectivity index (χ0) is 15.0. The molecule has 0 fully saturated rings. The normalized spacial score (nSPS) is 13.6. The van der Waals surface area contributed by atoms with Crippen molar-refractivity contribution in [2.75, 3.05) is 27.4 Å². The van der Waals surface area contributed by atoms with Gasteiger partial charge in [0.2, 0.25) is 5.91 Å². The van der Waals surface area contributed by atoms with E-state index in [1.807, 2.05) is 38.1 Å². The second-order valence-electron chi connectivity index (χ2n) is 4.80. The van der Waals surface area contributed by atoms with E-state index >= 15 is 0 Å². The van der Waals surface area contributed by atoms with Crippen LogP contribution in [0.5, 0.6) is 5.75 Å². The summed E-state index contributed by atoms with van der Waals surface area (Å²) in [5.41, 5.74) is 1.11. The summed E-state index contributed by atoms with van der Waals surface area (Å²) in [7, 11) is 3.26. The first-order valence-corrected chi connectivity index (χ1v) is 6.72. The Labute approximate surface area is 120 Å². The molecule has 2 atom stereocenters. The van der Waals surface area contributed by atoms with E-state index in [2.05, 4.69) is 10.6 Å². The average molecular weight is 280 g/mol. The van der Waals surface area contributed by atoms with Crippen LogP contribution in [0.25, 0.3) is 0 Å². The lowest BCUT2D eigenvalue weighted by Crippen LogP contribution is -2.41. The van der Waals surface area contributed by atoms with Crippen molar-refractivity contribution < 1.29 is 14.3 Å². The lowest BCUT2D eigenvalue weighted by atomic mass is 10.1. The van der Waals surface area contributed by atoms with Crippen LogP contribution in [0.3, 0.4) is 0 Å². The van der Waals surface area contributed by atoms with E-state index < -0.39 is 0 Å². The SMILES string of the molecule is COCC(C)NC(=O)CN[C@@H](C)c1ccc(OC)cc1. The van der Waals surface area contributed by atoms with Gasteiger partial charge in [-0.2, -0.15) is 0 Å². The molecule has 0 saturated carbocycles. The van der Waals surface area contributed by atoms with Gasteiger partial charge in [-0.25, -0.2) is 0 Å². The van der Waals surface area contributed by atoms with Crippen molar-refractivity contribution in [3.8, 4) is 5.75 Å². The van der Waals surface area contributed by atoms with Crippen LogP contribution >= 0.6 is 0 Å². The Bertz CT molecular complexity index is 406. The number of amides is 1. The highest BCUT2D eigenvalue weighted by molar-refractivity contribution is 5.78. The minimum Gasteiger partial charge on any atom is -0.497 e. The van der Waals surface area contributed by atoms with Gasteiger partial charge in [-0.3, -0.25) is 4.79 Å². The minimum atomic E-state index is -0.0325. The largest absolute Gasteiger partial charge is 0.497 e. The second-order valence-corrected chi connectivity index (χ2v) is 4.80. The van der Waals surface area contributed by atoms with E-state index in [9.17, 15) is 4.79 Å². The van der Waals surface area contributed by atoms with Crippen LogP contribution in [0.4, 0.5) is 0 Å². The molecule has 0 saturated heterocycles. The van der Waals surface area contributed by atoms with Crippen LogP contribution < -0.4 is 15.4 Å². The molecule has 1 aromatic carbocycles. The minimum absolute atomic E-state index is 0.0191. The number of hydrogen-bond acceptors (Lipinski definition) is 4. The number of benzene rings is 1. The Hall–Kier alpha value is -1.59. The average Bonchev–Trinajstić information content (AvgIpc) is 2.45. The summed E-state index contributed by atoms with van der Waals surface area (Å²) in [6.07, 6.45) is 0. The van der Waals surface area contributed by atoms with Gasteiger partial charge < -0.3 is 20.1 Å². The number of ether oxygens (including phenoxy) is 2. The van der Waals surface area contributed by atoms with Gasteiger partial charge in [0, 0.05) is 19.2 Å². The van der Waals surface area contributed by atoms with Crippen molar-refractivity contribution in [3.05, 3.63) is 29.8 Å². The van der Waals surface area contributed by atoms with E-state index in [0.29, 0.717) is 6.61 Å². The maximum absolute atomic E-state index is 11.7. The molecule has 20 heavy (non-hydrogen) atoms. The van der Waals surface area contributed by atoms with Crippen molar-refractivity contribution in [1.82, 2.24) is 10.6 Å². The Kier molecular flexibility index (Phi) is 7.04. The molecular formula is C15H24N2O3. The van der Waals surface area contributed by atoms with E-state index in [0.717, 1.165) is 11.3 Å². The van der Waals surface area contributed by atoms with Gasteiger partial charge >= 0.3 is 0 Å². The summed E-state index contributed by atoms with van der Waals surface area (Å²) in [5, 5.41) is 6.05. The molecule has 0 radical (unpaired) electrons. The van der Waals surface area contributed by atoms with Crippen molar-refractivity contribution in [1.29, 1.82) is 0 Å². The number of hydrogen-bond donors (Lipinski definition) is 2. The fraction of sp³-hybridized carbons (Fsp3) is 0.533. The number of nitrogens with one attached hydrogen (secondary N) is 2. The van der Waals surface area contributed by atoms with Crippen molar-refractivity contribution >= 4 is 5.91 Å². The zero-order valence-electron chi connectivity index (χ0n) is 12.6. The van der Waals surface area contributed by atoms with Crippen LogP contribution in [0.15, 0.2) is 24.3 Å². The molecule has 0 aliphatic rings. The first-order valence-electron chi connectivity index (χ1n) is 6.72. The van der Waals surface area contributed by atoms with Crippen LogP contribution in [0, 0.1) is 0 Å². The predicted octanol–water partition coefficient (Wildman–Crippen LogP) is 1.50. The first-order chi connectivity index (χ1) is 9.56. The summed E-state index contributed by atoms with van der Waals surface area (Å²) in [6.45, 7) is 4.73. The molecule has 5 nitrogen and oxygen atoms in total. The van der Waals surface area contributed by atoms with Gasteiger partial charge in [-0.15, -0.1) is 0 Å². The highest BCUT2D eigenvalue weighted by atomic mass is 16.5. The molecule has 0 aliphatic carbocycles. The third kappa shape index (κ3) is 5.59. The van der Waals surface area contributed by atoms with Gasteiger partial charge in [0.15, 0.2) is 0 Å².